The zero-order valence-corrected chi connectivity index (χ0v) is 12.1. The van der Waals surface area contributed by atoms with Gasteiger partial charge in [0.25, 0.3) is 0 Å². The van der Waals surface area contributed by atoms with Crippen molar-refractivity contribution in [3.05, 3.63) is 0 Å². The van der Waals surface area contributed by atoms with Crippen LogP contribution < -0.4 is 10.6 Å². The molecule has 8 nitrogen and oxygen atoms in total. The number of nitrogens with zero attached hydrogens (tertiary/aromatic N) is 1. The summed E-state index contributed by atoms with van der Waals surface area (Å²) in [5.41, 5.74) is 0. The highest BCUT2D eigenvalue weighted by atomic mass is 16.5. The van der Waals surface area contributed by atoms with E-state index in [2.05, 4.69) is 10.6 Å². The Kier molecular flexibility index (Phi) is 9.10. The first-order chi connectivity index (χ1) is 9.44. The molecule has 0 aliphatic rings. The number of methoxy groups -OCH3 is 1. The summed E-state index contributed by atoms with van der Waals surface area (Å²) in [5.74, 6) is -1.17. The van der Waals surface area contributed by atoms with E-state index in [1.165, 1.54) is 7.11 Å². The Balaban J connectivity index is 3.99. The van der Waals surface area contributed by atoms with Gasteiger partial charge in [-0.1, -0.05) is 0 Å². The number of urea groups is 1. The van der Waals surface area contributed by atoms with Crippen LogP contribution in [0, 0.1) is 0 Å². The van der Waals surface area contributed by atoms with Gasteiger partial charge in [0.15, 0.2) is 0 Å². The van der Waals surface area contributed by atoms with Crippen LogP contribution >= 0.6 is 0 Å². The van der Waals surface area contributed by atoms with Crippen molar-refractivity contribution < 1.29 is 24.2 Å². The molecule has 0 rings (SSSR count). The predicted octanol–water partition coefficient (Wildman–Crippen LogP) is -0.356. The maximum Gasteiger partial charge on any atom is 0.315 e. The molecule has 0 aromatic carbocycles. The van der Waals surface area contributed by atoms with Gasteiger partial charge in [-0.25, -0.2) is 4.79 Å². The molecule has 1 atom stereocenters. The third-order valence-electron chi connectivity index (χ3n) is 2.74. The summed E-state index contributed by atoms with van der Waals surface area (Å²) < 4.78 is 4.91. The zero-order valence-electron chi connectivity index (χ0n) is 12.1. The van der Waals surface area contributed by atoms with E-state index in [9.17, 15) is 14.4 Å². The van der Waals surface area contributed by atoms with Crippen LogP contribution in [0.2, 0.25) is 0 Å². The van der Waals surface area contributed by atoms with Crippen molar-refractivity contribution in [2.24, 2.45) is 0 Å². The van der Waals surface area contributed by atoms with Gasteiger partial charge in [-0.15, -0.1) is 0 Å². The zero-order chi connectivity index (χ0) is 15.5. The Bertz CT molecular complexity index is 331. The van der Waals surface area contributed by atoms with Gasteiger partial charge in [-0.2, -0.15) is 0 Å². The average Bonchev–Trinajstić information content (AvgIpc) is 2.42. The first-order valence-corrected chi connectivity index (χ1v) is 6.48. The molecule has 1 unspecified atom stereocenters. The molecular formula is C12H23N3O5. The van der Waals surface area contributed by atoms with E-state index in [0.717, 1.165) is 0 Å². The third-order valence-corrected chi connectivity index (χ3v) is 2.74. The second kappa shape index (κ2) is 10.0. The number of rotatable bonds is 9. The van der Waals surface area contributed by atoms with Crippen LogP contribution in [0.25, 0.3) is 0 Å². The molecule has 116 valence electrons. The van der Waals surface area contributed by atoms with Crippen molar-refractivity contribution in [2.45, 2.75) is 26.4 Å². The number of carbonyl (C=O) groups is 3. The predicted molar refractivity (Wildman–Crippen MR) is 72.4 cm³/mol. The van der Waals surface area contributed by atoms with Gasteiger partial charge in [0, 0.05) is 26.7 Å². The van der Waals surface area contributed by atoms with Crippen LogP contribution in [0.15, 0.2) is 0 Å². The number of hydrogen-bond acceptors (Lipinski definition) is 4. The lowest BCUT2D eigenvalue weighted by Gasteiger charge is -2.19. The lowest BCUT2D eigenvalue weighted by atomic mass is 10.2. The molecule has 0 aromatic rings. The first-order valence-electron chi connectivity index (χ1n) is 6.48. The minimum absolute atomic E-state index is 0.0636. The molecule has 0 aromatic heterocycles. The number of ether oxygens (including phenoxy) is 1. The molecule has 0 bridgehead atoms. The SMILES string of the molecule is CCN(CC)C(=O)CNC(=O)NCC(CC(=O)O)OC. The fourth-order valence-corrected chi connectivity index (χ4v) is 1.55. The summed E-state index contributed by atoms with van der Waals surface area (Å²) in [6.07, 6.45) is -0.799. The number of carboxylic acid groups (broad SMARTS) is 1. The highest BCUT2D eigenvalue weighted by Crippen LogP contribution is 1.95. The molecule has 0 heterocycles. The minimum Gasteiger partial charge on any atom is -0.481 e. The molecule has 8 heteroatoms. The van der Waals surface area contributed by atoms with Gasteiger partial charge in [-0.05, 0) is 13.8 Å². The standard InChI is InChI=1S/C12H23N3O5/c1-4-15(5-2)10(16)8-14-12(19)13-7-9(20-3)6-11(17)18/h9H,4-8H2,1-3H3,(H,17,18)(H2,13,14,19). The lowest BCUT2D eigenvalue weighted by Crippen LogP contribution is -2.45. The third kappa shape index (κ3) is 7.57. The molecule has 3 amide bonds. The van der Waals surface area contributed by atoms with Gasteiger partial charge in [0.1, 0.15) is 0 Å². The van der Waals surface area contributed by atoms with Crippen molar-refractivity contribution in [1.82, 2.24) is 15.5 Å². The van der Waals surface area contributed by atoms with Crippen molar-refractivity contribution in [3.8, 4) is 0 Å². The normalized spacial score (nSPS) is 11.6. The van der Waals surface area contributed by atoms with Gasteiger partial charge in [-0.3, -0.25) is 9.59 Å². The van der Waals surface area contributed by atoms with E-state index < -0.39 is 18.1 Å². The fraction of sp³-hybridized carbons (Fsp3) is 0.750. The molecule has 0 radical (unpaired) electrons. The van der Waals surface area contributed by atoms with Gasteiger partial charge >= 0.3 is 12.0 Å². The highest BCUT2D eigenvalue weighted by Gasteiger charge is 2.14. The van der Waals surface area contributed by atoms with Crippen LogP contribution in [-0.2, 0) is 14.3 Å². The summed E-state index contributed by atoms with van der Waals surface area (Å²) in [6.45, 7) is 4.86. The van der Waals surface area contributed by atoms with E-state index >= 15 is 0 Å². The molecule has 0 spiro atoms. The van der Waals surface area contributed by atoms with Crippen LogP contribution in [0.5, 0.6) is 0 Å². The van der Waals surface area contributed by atoms with Crippen LogP contribution in [-0.4, -0.2) is 67.3 Å². The monoisotopic (exact) mass is 289 g/mol. The van der Waals surface area contributed by atoms with Gasteiger partial charge in [0.05, 0.1) is 19.1 Å². The molecule has 0 fully saturated rings. The van der Waals surface area contributed by atoms with Crippen LogP contribution in [0.3, 0.4) is 0 Å². The van der Waals surface area contributed by atoms with E-state index in [4.69, 9.17) is 9.84 Å². The number of hydrogen-bond donors (Lipinski definition) is 3. The molecule has 0 saturated heterocycles. The molecule has 0 saturated carbocycles. The lowest BCUT2D eigenvalue weighted by molar-refractivity contribution is -0.139. The molecule has 20 heavy (non-hydrogen) atoms. The topological polar surface area (TPSA) is 108 Å². The maximum atomic E-state index is 11.6. The number of likely N-dealkylation sites (N-methyl/N-ethyl adjacent to an activating group) is 1. The number of amides is 3. The Morgan fingerprint density at radius 3 is 2.25 bits per heavy atom. The van der Waals surface area contributed by atoms with E-state index in [1.54, 1.807) is 4.90 Å². The summed E-state index contributed by atoms with van der Waals surface area (Å²) in [7, 11) is 1.37. The van der Waals surface area contributed by atoms with Gasteiger partial charge < -0.3 is 25.4 Å². The number of carboxylic acids is 1. The molecule has 0 aliphatic carbocycles. The molecule has 3 N–H and O–H groups in total. The molecular weight excluding hydrogens is 266 g/mol. The Morgan fingerprint density at radius 2 is 1.80 bits per heavy atom. The largest absolute Gasteiger partial charge is 0.481 e. The summed E-state index contributed by atoms with van der Waals surface area (Å²) >= 11 is 0. The number of carbonyl (C=O) groups excluding carboxylic acids is 2. The Labute approximate surface area is 118 Å². The van der Waals surface area contributed by atoms with Crippen LogP contribution in [0.1, 0.15) is 20.3 Å². The summed E-state index contributed by atoms with van der Waals surface area (Å²) in [4.78, 5) is 35.2. The Hall–Kier alpha value is -1.83. The quantitative estimate of drug-likeness (QED) is 0.537. The second-order valence-corrected chi connectivity index (χ2v) is 4.09. The first kappa shape index (κ1) is 18.2. The van der Waals surface area contributed by atoms with Crippen LogP contribution in [0.4, 0.5) is 4.79 Å². The Morgan fingerprint density at radius 1 is 1.20 bits per heavy atom. The number of aliphatic carboxylic acids is 1. The van der Waals surface area contributed by atoms with Crippen molar-refractivity contribution in [3.63, 3.8) is 0 Å². The van der Waals surface area contributed by atoms with Gasteiger partial charge in [0.2, 0.25) is 5.91 Å². The number of nitrogens with one attached hydrogen (secondary N) is 2. The summed E-state index contributed by atoms with van der Waals surface area (Å²) in [6, 6.07) is -0.530. The van der Waals surface area contributed by atoms with Crippen molar-refractivity contribution in [1.29, 1.82) is 0 Å². The highest BCUT2D eigenvalue weighted by molar-refractivity contribution is 5.83. The molecule has 0 aliphatic heterocycles. The van der Waals surface area contributed by atoms with E-state index in [1.807, 2.05) is 13.8 Å². The average molecular weight is 289 g/mol. The van der Waals surface area contributed by atoms with E-state index in [0.29, 0.717) is 13.1 Å². The maximum absolute atomic E-state index is 11.6. The second-order valence-electron chi connectivity index (χ2n) is 4.09. The van der Waals surface area contributed by atoms with Crippen molar-refractivity contribution in [2.75, 3.05) is 33.3 Å². The minimum atomic E-state index is -1.00. The summed E-state index contributed by atoms with van der Waals surface area (Å²) in [5, 5.41) is 13.5. The fourth-order valence-electron chi connectivity index (χ4n) is 1.55. The van der Waals surface area contributed by atoms with Crippen molar-refractivity contribution >= 4 is 17.9 Å². The van der Waals surface area contributed by atoms with E-state index in [-0.39, 0.29) is 25.4 Å². The smallest absolute Gasteiger partial charge is 0.315 e.